The summed E-state index contributed by atoms with van der Waals surface area (Å²) in [6.07, 6.45) is 1.10. The molecule has 0 aliphatic carbocycles. The SMILES string of the molecule is CCNC1N=C(NC(C)(C)C#N)N=CN1Cl. The molecule has 0 aromatic carbocycles. The van der Waals surface area contributed by atoms with Crippen LogP contribution in [0.3, 0.4) is 0 Å². The molecule has 0 fully saturated rings. The molecule has 7 heteroatoms. The van der Waals surface area contributed by atoms with E-state index in [2.05, 4.69) is 26.7 Å². The predicted molar refractivity (Wildman–Crippen MR) is 63.9 cm³/mol. The monoisotopic (exact) mass is 242 g/mol. The molecule has 1 rings (SSSR count). The standard InChI is InChI=1S/C9H15ClN6/c1-4-12-8-14-7(13-6-16(8)10)15-9(2,3)5-11/h6,8,12H,4H2,1-3H3,(H,14,15). The van der Waals surface area contributed by atoms with E-state index in [1.807, 2.05) is 6.92 Å². The highest BCUT2D eigenvalue weighted by Gasteiger charge is 2.22. The molecule has 1 atom stereocenters. The van der Waals surface area contributed by atoms with E-state index in [0.717, 1.165) is 6.54 Å². The second kappa shape index (κ2) is 5.14. The molecular weight excluding hydrogens is 228 g/mol. The summed E-state index contributed by atoms with van der Waals surface area (Å²) in [6, 6.07) is 2.11. The van der Waals surface area contributed by atoms with Gasteiger partial charge in [0.15, 0.2) is 6.29 Å². The molecule has 0 saturated carbocycles. The molecule has 1 unspecified atom stereocenters. The Balaban J connectivity index is 2.72. The van der Waals surface area contributed by atoms with Crippen LogP contribution in [0.5, 0.6) is 0 Å². The first-order chi connectivity index (χ1) is 7.48. The first-order valence-corrected chi connectivity index (χ1v) is 5.31. The van der Waals surface area contributed by atoms with Gasteiger partial charge in [-0.05, 0) is 20.4 Å². The Kier molecular flexibility index (Phi) is 4.10. The Labute approximate surface area is 100 Å². The zero-order valence-electron chi connectivity index (χ0n) is 9.53. The Morgan fingerprint density at radius 1 is 1.69 bits per heavy atom. The summed E-state index contributed by atoms with van der Waals surface area (Å²) >= 11 is 5.85. The van der Waals surface area contributed by atoms with Crippen LogP contribution in [0.4, 0.5) is 0 Å². The van der Waals surface area contributed by atoms with Crippen molar-refractivity contribution < 1.29 is 0 Å². The molecule has 0 radical (unpaired) electrons. The van der Waals surface area contributed by atoms with Crippen LogP contribution in [-0.4, -0.2) is 35.1 Å². The summed E-state index contributed by atoms with van der Waals surface area (Å²) in [6.45, 7) is 6.19. The number of nitrogens with one attached hydrogen (secondary N) is 2. The molecule has 1 aliphatic heterocycles. The summed E-state index contributed by atoms with van der Waals surface area (Å²) in [5.74, 6) is 0.398. The minimum Gasteiger partial charge on any atom is -0.337 e. The maximum absolute atomic E-state index is 8.87. The number of nitriles is 1. The lowest BCUT2D eigenvalue weighted by Gasteiger charge is -2.26. The third-order valence-electron chi connectivity index (χ3n) is 1.86. The maximum atomic E-state index is 8.87. The van der Waals surface area contributed by atoms with Crippen molar-refractivity contribution in [1.82, 2.24) is 15.1 Å². The Morgan fingerprint density at radius 3 is 2.94 bits per heavy atom. The number of hydrogen-bond acceptors (Lipinski definition) is 6. The second-order valence-electron chi connectivity index (χ2n) is 3.83. The van der Waals surface area contributed by atoms with Crippen molar-refractivity contribution in [1.29, 1.82) is 5.26 Å². The molecular formula is C9H15ClN6. The topological polar surface area (TPSA) is 75.8 Å². The molecule has 2 N–H and O–H groups in total. The van der Waals surface area contributed by atoms with Crippen LogP contribution in [0.15, 0.2) is 9.98 Å². The fraction of sp³-hybridized carbons (Fsp3) is 0.667. The van der Waals surface area contributed by atoms with E-state index in [4.69, 9.17) is 17.0 Å². The first kappa shape index (κ1) is 12.7. The molecule has 6 nitrogen and oxygen atoms in total. The van der Waals surface area contributed by atoms with Gasteiger partial charge in [0.25, 0.3) is 0 Å². The summed E-state index contributed by atoms with van der Waals surface area (Å²) in [7, 11) is 0. The highest BCUT2D eigenvalue weighted by atomic mass is 35.5. The van der Waals surface area contributed by atoms with Gasteiger partial charge < -0.3 is 5.32 Å². The number of guanidine groups is 1. The quantitative estimate of drug-likeness (QED) is 0.712. The number of nitrogens with zero attached hydrogens (tertiary/aromatic N) is 4. The lowest BCUT2D eigenvalue weighted by Crippen LogP contribution is -2.47. The van der Waals surface area contributed by atoms with Crippen molar-refractivity contribution in [3.63, 3.8) is 0 Å². The third kappa shape index (κ3) is 3.36. The fourth-order valence-electron chi connectivity index (χ4n) is 1.06. The van der Waals surface area contributed by atoms with Crippen LogP contribution in [-0.2, 0) is 0 Å². The van der Waals surface area contributed by atoms with Crippen LogP contribution < -0.4 is 10.6 Å². The number of rotatable bonds is 3. The van der Waals surface area contributed by atoms with Gasteiger partial charge in [-0.25, -0.2) is 14.4 Å². The van der Waals surface area contributed by atoms with E-state index in [1.54, 1.807) is 13.8 Å². The molecule has 0 aromatic rings. The molecule has 0 aromatic heterocycles. The largest absolute Gasteiger partial charge is 0.337 e. The van der Waals surface area contributed by atoms with E-state index >= 15 is 0 Å². The first-order valence-electron chi connectivity index (χ1n) is 4.97. The summed E-state index contributed by atoms with van der Waals surface area (Å²) in [5, 5.41) is 14.9. The zero-order chi connectivity index (χ0) is 12.2. The molecule has 0 saturated heterocycles. The summed E-state index contributed by atoms with van der Waals surface area (Å²) in [4.78, 5) is 8.22. The van der Waals surface area contributed by atoms with E-state index in [0.29, 0.717) is 5.96 Å². The number of halogens is 1. The number of aliphatic imine (C=N–C) groups is 2. The van der Waals surface area contributed by atoms with Gasteiger partial charge in [0.1, 0.15) is 11.9 Å². The Morgan fingerprint density at radius 2 is 2.38 bits per heavy atom. The highest BCUT2D eigenvalue weighted by molar-refractivity contribution is 6.20. The molecule has 1 aliphatic rings. The van der Waals surface area contributed by atoms with Gasteiger partial charge in [0, 0.05) is 11.8 Å². The molecule has 0 bridgehead atoms. The smallest absolute Gasteiger partial charge is 0.223 e. The van der Waals surface area contributed by atoms with Crippen molar-refractivity contribution in [3.05, 3.63) is 0 Å². The molecule has 88 valence electrons. The van der Waals surface area contributed by atoms with E-state index in [9.17, 15) is 0 Å². The number of hydrogen-bond donors (Lipinski definition) is 2. The van der Waals surface area contributed by atoms with Crippen LogP contribution >= 0.6 is 11.8 Å². The van der Waals surface area contributed by atoms with E-state index < -0.39 is 5.54 Å². The van der Waals surface area contributed by atoms with Gasteiger partial charge in [-0.1, -0.05) is 6.92 Å². The van der Waals surface area contributed by atoms with Gasteiger partial charge in [0.05, 0.1) is 6.07 Å². The van der Waals surface area contributed by atoms with Gasteiger partial charge in [-0.3, -0.25) is 5.32 Å². The van der Waals surface area contributed by atoms with Crippen molar-refractivity contribution in [3.8, 4) is 6.07 Å². The van der Waals surface area contributed by atoms with Gasteiger partial charge >= 0.3 is 0 Å². The lowest BCUT2D eigenvalue weighted by atomic mass is 10.1. The van der Waals surface area contributed by atoms with Crippen molar-refractivity contribution in [2.75, 3.05) is 6.54 Å². The highest BCUT2D eigenvalue weighted by Crippen LogP contribution is 2.07. The normalized spacial score (nSPS) is 20.3. The molecule has 16 heavy (non-hydrogen) atoms. The summed E-state index contributed by atoms with van der Waals surface area (Å²) in [5.41, 5.74) is -0.707. The minimum absolute atomic E-state index is 0.360. The molecule has 0 amide bonds. The third-order valence-corrected chi connectivity index (χ3v) is 2.13. The lowest BCUT2D eigenvalue weighted by molar-refractivity contribution is 0.398. The second-order valence-corrected chi connectivity index (χ2v) is 4.23. The predicted octanol–water partition coefficient (Wildman–Crippen LogP) is 0.625. The van der Waals surface area contributed by atoms with Gasteiger partial charge in [-0.15, -0.1) is 0 Å². The van der Waals surface area contributed by atoms with Crippen LogP contribution in [0, 0.1) is 11.3 Å². The molecule has 0 spiro atoms. The van der Waals surface area contributed by atoms with Gasteiger partial charge in [0.2, 0.25) is 5.96 Å². The van der Waals surface area contributed by atoms with Crippen LogP contribution in [0.1, 0.15) is 20.8 Å². The van der Waals surface area contributed by atoms with Gasteiger partial charge in [-0.2, -0.15) is 5.26 Å². The van der Waals surface area contributed by atoms with Crippen molar-refractivity contribution in [2.24, 2.45) is 9.98 Å². The van der Waals surface area contributed by atoms with E-state index in [1.165, 1.54) is 10.8 Å². The van der Waals surface area contributed by atoms with Crippen LogP contribution in [0.25, 0.3) is 0 Å². The van der Waals surface area contributed by atoms with E-state index in [-0.39, 0.29) is 6.29 Å². The average molecular weight is 243 g/mol. The summed E-state index contributed by atoms with van der Waals surface area (Å²) < 4.78 is 1.34. The zero-order valence-corrected chi connectivity index (χ0v) is 10.3. The minimum atomic E-state index is -0.707. The molecule has 1 heterocycles. The Bertz CT molecular complexity index is 342. The van der Waals surface area contributed by atoms with Crippen molar-refractivity contribution >= 4 is 24.1 Å². The Hall–Kier alpha value is -1.32. The van der Waals surface area contributed by atoms with Crippen LogP contribution in [0.2, 0.25) is 0 Å². The maximum Gasteiger partial charge on any atom is 0.223 e. The fourth-order valence-corrected chi connectivity index (χ4v) is 1.22. The average Bonchev–Trinajstić information content (AvgIpc) is 2.23. The van der Waals surface area contributed by atoms with Crippen molar-refractivity contribution in [2.45, 2.75) is 32.6 Å².